The molecule has 0 radical (unpaired) electrons. The molecule has 3 rings (SSSR count). The summed E-state index contributed by atoms with van der Waals surface area (Å²) in [7, 11) is 1.59. The lowest BCUT2D eigenvalue weighted by atomic mass is 10.1. The maximum atomic E-state index is 12.5. The largest absolute Gasteiger partial charge is 0.497 e. The van der Waals surface area contributed by atoms with Gasteiger partial charge in [-0.3, -0.25) is 4.79 Å². The van der Waals surface area contributed by atoms with Crippen LogP contribution in [0.4, 0.5) is 0 Å². The summed E-state index contributed by atoms with van der Waals surface area (Å²) in [5.74, 6) is 0.495. The second-order valence-corrected chi connectivity index (χ2v) is 6.40. The molecule has 0 spiro atoms. The number of esters is 1. The van der Waals surface area contributed by atoms with E-state index in [-0.39, 0.29) is 17.4 Å². The van der Waals surface area contributed by atoms with Gasteiger partial charge in [-0.1, -0.05) is 0 Å². The van der Waals surface area contributed by atoms with Crippen molar-refractivity contribution in [2.45, 2.75) is 33.8 Å². The van der Waals surface area contributed by atoms with E-state index in [0.717, 1.165) is 5.56 Å². The van der Waals surface area contributed by atoms with Crippen molar-refractivity contribution in [1.82, 2.24) is 15.2 Å². The first-order valence-electron chi connectivity index (χ1n) is 8.70. The Morgan fingerprint density at radius 1 is 1.14 bits per heavy atom. The van der Waals surface area contributed by atoms with Crippen molar-refractivity contribution in [1.29, 1.82) is 0 Å². The fourth-order valence-corrected chi connectivity index (χ4v) is 3.00. The number of aryl methyl sites for hydroxylation is 1. The van der Waals surface area contributed by atoms with Crippen molar-refractivity contribution >= 4 is 11.8 Å². The van der Waals surface area contributed by atoms with Crippen molar-refractivity contribution in [3.05, 3.63) is 52.7 Å². The molecular formula is C20H21N3O5. The molecule has 0 saturated heterocycles. The summed E-state index contributed by atoms with van der Waals surface area (Å²) in [4.78, 5) is 27.2. The monoisotopic (exact) mass is 383 g/mol. The van der Waals surface area contributed by atoms with Crippen molar-refractivity contribution in [3.8, 4) is 17.2 Å². The van der Waals surface area contributed by atoms with Gasteiger partial charge in [-0.15, -0.1) is 10.2 Å². The highest BCUT2D eigenvalue weighted by Crippen LogP contribution is 2.26. The number of ether oxygens (including phenoxy) is 2. The van der Waals surface area contributed by atoms with E-state index in [1.54, 1.807) is 52.1 Å². The van der Waals surface area contributed by atoms with Crippen LogP contribution >= 0.6 is 0 Å². The van der Waals surface area contributed by atoms with E-state index < -0.39 is 12.1 Å². The van der Waals surface area contributed by atoms with Crippen LogP contribution in [0.1, 0.15) is 57.9 Å². The Balaban J connectivity index is 1.75. The summed E-state index contributed by atoms with van der Waals surface area (Å²) in [6.07, 6.45) is -0.754. The third-order valence-corrected chi connectivity index (χ3v) is 4.40. The van der Waals surface area contributed by atoms with Gasteiger partial charge in [0, 0.05) is 16.8 Å². The van der Waals surface area contributed by atoms with Crippen LogP contribution in [0.25, 0.3) is 11.5 Å². The number of methoxy groups -OCH3 is 1. The van der Waals surface area contributed by atoms with Gasteiger partial charge in [0.15, 0.2) is 11.9 Å². The van der Waals surface area contributed by atoms with Crippen LogP contribution in [0.2, 0.25) is 0 Å². The van der Waals surface area contributed by atoms with E-state index in [4.69, 9.17) is 13.9 Å². The Morgan fingerprint density at radius 2 is 1.82 bits per heavy atom. The minimum Gasteiger partial charge on any atom is -0.497 e. The minimum atomic E-state index is -0.754. The summed E-state index contributed by atoms with van der Waals surface area (Å²) in [6.45, 7) is 6.54. The van der Waals surface area contributed by atoms with Crippen molar-refractivity contribution in [2.75, 3.05) is 7.11 Å². The molecule has 2 aromatic heterocycles. The molecule has 1 aromatic carbocycles. The van der Waals surface area contributed by atoms with E-state index in [1.807, 2.05) is 0 Å². The van der Waals surface area contributed by atoms with Crippen LogP contribution in [-0.2, 0) is 4.74 Å². The fourth-order valence-electron chi connectivity index (χ4n) is 3.00. The number of hydrogen-bond donors (Lipinski definition) is 1. The highest BCUT2D eigenvalue weighted by Gasteiger charge is 2.25. The molecule has 3 aromatic rings. The highest BCUT2D eigenvalue weighted by atomic mass is 16.6. The lowest BCUT2D eigenvalue weighted by Crippen LogP contribution is -2.11. The van der Waals surface area contributed by atoms with Crippen LogP contribution in [0.3, 0.4) is 0 Å². The maximum absolute atomic E-state index is 12.5. The Bertz CT molecular complexity index is 1020. The number of nitrogens with one attached hydrogen (secondary N) is 1. The van der Waals surface area contributed by atoms with Crippen LogP contribution in [0.15, 0.2) is 28.7 Å². The highest BCUT2D eigenvalue weighted by molar-refractivity contribution is 6.01. The van der Waals surface area contributed by atoms with E-state index >= 15 is 0 Å². The van der Waals surface area contributed by atoms with E-state index in [0.29, 0.717) is 28.5 Å². The molecular weight excluding hydrogens is 362 g/mol. The number of Topliss-reactive ketones (excluding diaryl/α,β-unsaturated/α-hetero) is 1. The molecule has 1 atom stereocenters. The van der Waals surface area contributed by atoms with Gasteiger partial charge in [0.1, 0.15) is 11.4 Å². The first-order chi connectivity index (χ1) is 13.3. The van der Waals surface area contributed by atoms with E-state index in [9.17, 15) is 9.59 Å². The number of ketones is 1. The molecule has 0 aliphatic rings. The smallest absolute Gasteiger partial charge is 0.355 e. The average molecular weight is 383 g/mol. The summed E-state index contributed by atoms with van der Waals surface area (Å²) < 4.78 is 16.2. The first kappa shape index (κ1) is 19.3. The van der Waals surface area contributed by atoms with Gasteiger partial charge in [-0.05, 0) is 57.5 Å². The molecule has 8 heteroatoms. The van der Waals surface area contributed by atoms with Gasteiger partial charge < -0.3 is 18.9 Å². The van der Waals surface area contributed by atoms with Gasteiger partial charge in [0.05, 0.1) is 7.11 Å². The molecule has 1 N–H and O–H groups in total. The van der Waals surface area contributed by atoms with Gasteiger partial charge >= 0.3 is 5.97 Å². The molecule has 0 fully saturated rings. The molecule has 0 aliphatic heterocycles. The van der Waals surface area contributed by atoms with Gasteiger partial charge in [0.2, 0.25) is 5.89 Å². The molecule has 8 nitrogen and oxygen atoms in total. The van der Waals surface area contributed by atoms with Crippen LogP contribution in [0, 0.1) is 13.8 Å². The van der Waals surface area contributed by atoms with E-state index in [1.165, 1.54) is 6.92 Å². The molecule has 0 aliphatic carbocycles. The zero-order valence-electron chi connectivity index (χ0n) is 16.3. The molecule has 146 valence electrons. The first-order valence-corrected chi connectivity index (χ1v) is 8.70. The number of rotatable bonds is 6. The normalized spacial score (nSPS) is 11.9. The summed E-state index contributed by atoms with van der Waals surface area (Å²) in [6, 6.07) is 7.15. The predicted octanol–water partition coefficient (Wildman–Crippen LogP) is 3.81. The Hall–Kier alpha value is -3.42. The number of aromatic amines is 1. The number of aromatic nitrogens is 3. The third-order valence-electron chi connectivity index (χ3n) is 4.40. The lowest BCUT2D eigenvalue weighted by Gasteiger charge is -2.09. The Kier molecular flexibility index (Phi) is 5.30. The maximum Gasteiger partial charge on any atom is 0.355 e. The number of hydrogen-bond acceptors (Lipinski definition) is 7. The topological polar surface area (TPSA) is 107 Å². The summed E-state index contributed by atoms with van der Waals surface area (Å²) >= 11 is 0. The van der Waals surface area contributed by atoms with Crippen LogP contribution < -0.4 is 4.74 Å². The lowest BCUT2D eigenvalue weighted by molar-refractivity contribution is 0.0272. The molecule has 28 heavy (non-hydrogen) atoms. The quantitative estimate of drug-likeness (QED) is 0.509. The number of benzene rings is 1. The summed E-state index contributed by atoms with van der Waals surface area (Å²) in [5, 5.41) is 7.97. The van der Waals surface area contributed by atoms with Gasteiger partial charge in [0.25, 0.3) is 5.89 Å². The van der Waals surface area contributed by atoms with Crippen LogP contribution in [0.5, 0.6) is 5.75 Å². The van der Waals surface area contributed by atoms with E-state index in [2.05, 4.69) is 15.2 Å². The van der Waals surface area contributed by atoms with Gasteiger partial charge in [-0.2, -0.15) is 0 Å². The number of carbonyl (C=O) groups is 2. The molecule has 0 bridgehead atoms. The second kappa shape index (κ2) is 7.67. The SMILES string of the molecule is COc1ccc(-c2nnc([C@H](C)OC(=O)c3[nH]c(C)c(C(C)=O)c3C)o2)cc1. The summed E-state index contributed by atoms with van der Waals surface area (Å²) in [5.41, 5.74) is 2.65. The van der Waals surface area contributed by atoms with Crippen molar-refractivity contribution in [2.24, 2.45) is 0 Å². The van der Waals surface area contributed by atoms with Gasteiger partial charge in [-0.25, -0.2) is 4.79 Å². The second-order valence-electron chi connectivity index (χ2n) is 6.40. The standard InChI is InChI=1S/C20H21N3O5/c1-10-16(12(3)24)11(2)21-17(10)20(25)27-13(4)18-22-23-19(28-18)14-6-8-15(26-5)9-7-14/h6-9,13,21H,1-5H3/t13-/m0/s1. The van der Waals surface area contributed by atoms with Crippen molar-refractivity contribution in [3.63, 3.8) is 0 Å². The van der Waals surface area contributed by atoms with Crippen molar-refractivity contribution < 1.29 is 23.5 Å². The third kappa shape index (κ3) is 3.66. The molecule has 2 heterocycles. The Labute approximate surface area is 161 Å². The van der Waals surface area contributed by atoms with Crippen LogP contribution in [-0.4, -0.2) is 34.0 Å². The molecule has 0 unspecified atom stereocenters. The average Bonchev–Trinajstić information content (AvgIpc) is 3.26. The fraction of sp³-hybridized carbons (Fsp3) is 0.300. The number of nitrogens with zero attached hydrogens (tertiary/aromatic N) is 2. The number of H-pyrrole nitrogens is 1. The Morgan fingerprint density at radius 3 is 2.39 bits per heavy atom. The molecule has 0 saturated carbocycles. The predicted molar refractivity (Wildman–Crippen MR) is 100 cm³/mol. The zero-order chi connectivity index (χ0) is 20.4. The zero-order valence-corrected chi connectivity index (χ0v) is 16.3. The molecule has 0 amide bonds. The number of carbonyl (C=O) groups excluding carboxylic acids is 2. The minimum absolute atomic E-state index is 0.112.